The van der Waals surface area contributed by atoms with Gasteiger partial charge in [-0.2, -0.15) is 0 Å². The SMILES string of the molecule is CCN(CCNC1=NCCCS1)C1CC1. The minimum Gasteiger partial charge on any atom is -0.364 e. The highest BCUT2D eigenvalue weighted by atomic mass is 32.2. The summed E-state index contributed by atoms with van der Waals surface area (Å²) in [5.74, 6) is 1.23. The Hall–Kier alpha value is -0.220. The molecule has 1 N–H and O–H groups in total. The summed E-state index contributed by atoms with van der Waals surface area (Å²) in [5.41, 5.74) is 0. The molecule has 2 aliphatic rings. The Bertz CT molecular complexity index is 226. The van der Waals surface area contributed by atoms with Crippen LogP contribution in [0.15, 0.2) is 4.99 Å². The minimum absolute atomic E-state index is 0.887. The molecule has 0 unspecified atom stereocenters. The van der Waals surface area contributed by atoms with Crippen LogP contribution in [-0.2, 0) is 0 Å². The van der Waals surface area contributed by atoms with Crippen LogP contribution in [0.1, 0.15) is 26.2 Å². The Morgan fingerprint density at radius 1 is 1.53 bits per heavy atom. The summed E-state index contributed by atoms with van der Waals surface area (Å²) in [5, 5.41) is 4.60. The van der Waals surface area contributed by atoms with Gasteiger partial charge in [0.05, 0.1) is 0 Å². The number of thioether (sulfide) groups is 1. The van der Waals surface area contributed by atoms with Gasteiger partial charge in [0.1, 0.15) is 0 Å². The van der Waals surface area contributed by atoms with E-state index in [9.17, 15) is 0 Å². The summed E-state index contributed by atoms with van der Waals surface area (Å²) >= 11 is 1.87. The fourth-order valence-corrected chi connectivity index (χ4v) is 2.77. The van der Waals surface area contributed by atoms with Crippen molar-refractivity contribution in [3.05, 3.63) is 0 Å². The summed E-state index contributed by atoms with van der Waals surface area (Å²) in [6, 6.07) is 0.887. The lowest BCUT2D eigenvalue weighted by Gasteiger charge is -2.21. The largest absolute Gasteiger partial charge is 0.364 e. The standard InChI is InChI=1S/C11H21N3S/c1-2-14(10-4-5-10)8-7-13-11-12-6-3-9-15-11/h10H,2-9H2,1H3,(H,12,13). The highest BCUT2D eigenvalue weighted by Crippen LogP contribution is 2.25. The Labute approximate surface area is 96.7 Å². The fourth-order valence-electron chi connectivity index (χ4n) is 1.91. The third-order valence-corrected chi connectivity index (χ3v) is 3.98. The van der Waals surface area contributed by atoms with E-state index in [0.717, 1.165) is 24.3 Å². The Morgan fingerprint density at radius 2 is 2.40 bits per heavy atom. The van der Waals surface area contributed by atoms with E-state index in [0.29, 0.717) is 0 Å². The van der Waals surface area contributed by atoms with Crippen LogP contribution in [0.5, 0.6) is 0 Å². The van der Waals surface area contributed by atoms with E-state index in [2.05, 4.69) is 22.1 Å². The summed E-state index contributed by atoms with van der Waals surface area (Å²) in [7, 11) is 0. The molecule has 2 rings (SSSR count). The molecule has 0 aromatic heterocycles. The lowest BCUT2D eigenvalue weighted by molar-refractivity contribution is 0.282. The van der Waals surface area contributed by atoms with Gasteiger partial charge in [-0.05, 0) is 25.8 Å². The minimum atomic E-state index is 0.887. The molecule has 0 spiro atoms. The Morgan fingerprint density at radius 3 is 3.00 bits per heavy atom. The van der Waals surface area contributed by atoms with Crippen molar-refractivity contribution in [2.75, 3.05) is 31.9 Å². The number of nitrogens with one attached hydrogen (secondary N) is 1. The van der Waals surface area contributed by atoms with Crippen LogP contribution in [0.25, 0.3) is 0 Å². The predicted molar refractivity (Wildman–Crippen MR) is 67.6 cm³/mol. The first-order valence-corrected chi connectivity index (χ1v) is 7.04. The molecule has 0 atom stereocenters. The van der Waals surface area contributed by atoms with E-state index in [-0.39, 0.29) is 0 Å². The topological polar surface area (TPSA) is 27.6 Å². The third kappa shape index (κ3) is 3.68. The smallest absolute Gasteiger partial charge is 0.156 e. The van der Waals surface area contributed by atoms with Gasteiger partial charge in [0.15, 0.2) is 5.17 Å². The third-order valence-electron chi connectivity index (χ3n) is 2.94. The summed E-state index contributed by atoms with van der Waals surface area (Å²) in [4.78, 5) is 7.03. The number of aliphatic imine (C=N–C) groups is 1. The number of nitrogens with zero attached hydrogens (tertiary/aromatic N) is 2. The van der Waals surface area contributed by atoms with Gasteiger partial charge in [-0.15, -0.1) is 0 Å². The van der Waals surface area contributed by atoms with Gasteiger partial charge < -0.3 is 5.32 Å². The summed E-state index contributed by atoms with van der Waals surface area (Å²) < 4.78 is 0. The predicted octanol–water partition coefficient (Wildman–Crippen LogP) is 1.55. The molecule has 0 saturated heterocycles. The first-order valence-electron chi connectivity index (χ1n) is 6.05. The molecule has 0 bridgehead atoms. The van der Waals surface area contributed by atoms with Crippen molar-refractivity contribution < 1.29 is 0 Å². The molecule has 1 aliphatic heterocycles. The molecule has 3 nitrogen and oxygen atoms in total. The van der Waals surface area contributed by atoms with Crippen molar-refractivity contribution >= 4 is 16.9 Å². The van der Waals surface area contributed by atoms with E-state index in [1.807, 2.05) is 11.8 Å². The zero-order valence-corrected chi connectivity index (χ0v) is 10.4. The zero-order chi connectivity index (χ0) is 10.5. The molecule has 86 valence electrons. The van der Waals surface area contributed by atoms with Crippen LogP contribution in [0, 0.1) is 0 Å². The van der Waals surface area contributed by atoms with Gasteiger partial charge in [0.2, 0.25) is 0 Å². The van der Waals surface area contributed by atoms with Crippen molar-refractivity contribution in [3.8, 4) is 0 Å². The second-order valence-corrected chi connectivity index (χ2v) is 5.26. The zero-order valence-electron chi connectivity index (χ0n) is 9.54. The van der Waals surface area contributed by atoms with Gasteiger partial charge in [0.25, 0.3) is 0 Å². The van der Waals surface area contributed by atoms with Crippen molar-refractivity contribution in [2.45, 2.75) is 32.2 Å². The molecule has 0 radical (unpaired) electrons. The number of likely N-dealkylation sites (N-methyl/N-ethyl adjacent to an activating group) is 1. The average Bonchev–Trinajstić information content (AvgIpc) is 3.10. The van der Waals surface area contributed by atoms with Crippen LogP contribution in [0.2, 0.25) is 0 Å². The van der Waals surface area contributed by atoms with E-state index in [4.69, 9.17) is 0 Å². The van der Waals surface area contributed by atoms with E-state index >= 15 is 0 Å². The van der Waals surface area contributed by atoms with Gasteiger partial charge >= 0.3 is 0 Å². The highest BCUT2D eigenvalue weighted by Gasteiger charge is 2.27. The number of hydrogen-bond acceptors (Lipinski definition) is 4. The van der Waals surface area contributed by atoms with Crippen LogP contribution in [-0.4, -0.2) is 48.0 Å². The summed E-state index contributed by atoms with van der Waals surface area (Å²) in [6.07, 6.45) is 4.05. The second kappa shape index (κ2) is 5.75. The second-order valence-electron chi connectivity index (χ2n) is 4.18. The molecule has 1 fully saturated rings. The average molecular weight is 227 g/mol. The van der Waals surface area contributed by atoms with Gasteiger partial charge in [-0.25, -0.2) is 0 Å². The van der Waals surface area contributed by atoms with E-state index in [1.54, 1.807) is 0 Å². The molecule has 0 amide bonds. The number of hydrogen-bond donors (Lipinski definition) is 1. The van der Waals surface area contributed by atoms with Crippen LogP contribution < -0.4 is 5.32 Å². The molecule has 1 heterocycles. The van der Waals surface area contributed by atoms with Crippen molar-refractivity contribution in [2.24, 2.45) is 4.99 Å². The van der Waals surface area contributed by atoms with Gasteiger partial charge in [0, 0.05) is 31.4 Å². The van der Waals surface area contributed by atoms with Crippen molar-refractivity contribution in [3.63, 3.8) is 0 Å². The Balaban J connectivity index is 1.62. The van der Waals surface area contributed by atoms with Crippen LogP contribution in [0.4, 0.5) is 0 Å². The molecule has 1 saturated carbocycles. The first kappa shape index (κ1) is 11.3. The first-order chi connectivity index (χ1) is 7.40. The van der Waals surface area contributed by atoms with Gasteiger partial charge in [-0.1, -0.05) is 18.7 Å². The molecule has 1 aliphatic carbocycles. The van der Waals surface area contributed by atoms with Crippen molar-refractivity contribution in [1.82, 2.24) is 10.2 Å². The van der Waals surface area contributed by atoms with E-state index in [1.165, 1.54) is 38.1 Å². The summed E-state index contributed by atoms with van der Waals surface area (Å²) in [6.45, 7) is 6.67. The lowest BCUT2D eigenvalue weighted by Crippen LogP contribution is -2.35. The van der Waals surface area contributed by atoms with Crippen LogP contribution >= 0.6 is 11.8 Å². The molecule has 0 aromatic carbocycles. The monoisotopic (exact) mass is 227 g/mol. The molecule has 4 heteroatoms. The fraction of sp³-hybridized carbons (Fsp3) is 0.909. The maximum Gasteiger partial charge on any atom is 0.156 e. The number of rotatable bonds is 5. The molecular formula is C11H21N3S. The molecular weight excluding hydrogens is 206 g/mol. The molecule has 0 aromatic rings. The Kier molecular flexibility index (Phi) is 4.32. The highest BCUT2D eigenvalue weighted by molar-refractivity contribution is 8.13. The molecule has 15 heavy (non-hydrogen) atoms. The van der Waals surface area contributed by atoms with Crippen molar-refractivity contribution in [1.29, 1.82) is 0 Å². The maximum absolute atomic E-state index is 4.46. The number of amidine groups is 1. The van der Waals surface area contributed by atoms with Crippen LogP contribution in [0.3, 0.4) is 0 Å². The van der Waals surface area contributed by atoms with E-state index < -0.39 is 0 Å². The normalized spacial score (nSPS) is 21.6. The van der Waals surface area contributed by atoms with Gasteiger partial charge in [-0.3, -0.25) is 9.89 Å². The quantitative estimate of drug-likeness (QED) is 0.772. The maximum atomic E-state index is 4.46. The lowest BCUT2D eigenvalue weighted by atomic mass is 10.4.